The topological polar surface area (TPSA) is 50.4 Å². The van der Waals surface area contributed by atoms with Crippen molar-refractivity contribution in [3.63, 3.8) is 0 Å². The summed E-state index contributed by atoms with van der Waals surface area (Å²) in [6.45, 7) is 0. The number of hydrogen-bond donors (Lipinski definition) is 1. The van der Waals surface area contributed by atoms with Gasteiger partial charge in [0.1, 0.15) is 0 Å². The SMILES string of the molecule is Oc1cccn2nc(-c3ccccc3Cl)nc12. The maximum absolute atomic E-state index is 9.64. The normalized spacial score (nSPS) is 10.9. The van der Waals surface area contributed by atoms with E-state index in [4.69, 9.17) is 11.6 Å². The van der Waals surface area contributed by atoms with Crippen molar-refractivity contribution in [2.45, 2.75) is 0 Å². The van der Waals surface area contributed by atoms with Crippen molar-refractivity contribution >= 4 is 17.2 Å². The molecule has 0 aliphatic heterocycles. The van der Waals surface area contributed by atoms with Crippen molar-refractivity contribution in [2.75, 3.05) is 0 Å². The fourth-order valence-electron chi connectivity index (χ4n) is 1.65. The zero-order valence-corrected chi connectivity index (χ0v) is 9.46. The monoisotopic (exact) mass is 245 g/mol. The standard InChI is InChI=1S/C12H8ClN3O/c13-9-5-2-1-4-8(9)11-14-12-10(17)6-3-7-16(12)15-11/h1-7,17H. The Labute approximate surface area is 102 Å². The molecular weight excluding hydrogens is 238 g/mol. The van der Waals surface area contributed by atoms with Crippen LogP contribution in [0.25, 0.3) is 17.0 Å². The first-order valence-electron chi connectivity index (χ1n) is 5.05. The van der Waals surface area contributed by atoms with Gasteiger partial charge < -0.3 is 5.11 Å². The number of pyridine rings is 1. The van der Waals surface area contributed by atoms with Crippen LogP contribution in [-0.4, -0.2) is 19.7 Å². The van der Waals surface area contributed by atoms with Crippen molar-refractivity contribution < 1.29 is 5.11 Å². The Kier molecular flexibility index (Phi) is 2.23. The molecule has 3 aromatic rings. The first-order chi connectivity index (χ1) is 8.25. The van der Waals surface area contributed by atoms with E-state index in [-0.39, 0.29) is 5.75 Å². The van der Waals surface area contributed by atoms with Crippen LogP contribution in [0.4, 0.5) is 0 Å². The molecule has 0 bridgehead atoms. The van der Waals surface area contributed by atoms with Gasteiger partial charge in [-0.2, -0.15) is 0 Å². The molecule has 0 unspecified atom stereocenters. The molecule has 2 heterocycles. The second-order valence-electron chi connectivity index (χ2n) is 3.58. The number of benzene rings is 1. The average Bonchev–Trinajstić information content (AvgIpc) is 2.75. The van der Waals surface area contributed by atoms with Crippen LogP contribution in [0.15, 0.2) is 42.6 Å². The maximum atomic E-state index is 9.64. The fraction of sp³-hybridized carbons (Fsp3) is 0. The Balaban J connectivity index is 2.26. The highest BCUT2D eigenvalue weighted by Gasteiger charge is 2.11. The van der Waals surface area contributed by atoms with E-state index in [1.807, 2.05) is 18.2 Å². The maximum Gasteiger partial charge on any atom is 0.198 e. The Morgan fingerprint density at radius 1 is 1.12 bits per heavy atom. The lowest BCUT2D eigenvalue weighted by Crippen LogP contribution is -1.86. The van der Waals surface area contributed by atoms with Gasteiger partial charge in [0.05, 0.1) is 5.02 Å². The van der Waals surface area contributed by atoms with Crippen molar-refractivity contribution in [1.29, 1.82) is 0 Å². The second-order valence-corrected chi connectivity index (χ2v) is 3.98. The number of nitrogens with zero attached hydrogens (tertiary/aromatic N) is 3. The highest BCUT2D eigenvalue weighted by atomic mass is 35.5. The van der Waals surface area contributed by atoms with Crippen LogP contribution in [0.5, 0.6) is 5.75 Å². The van der Waals surface area contributed by atoms with Crippen LogP contribution < -0.4 is 0 Å². The van der Waals surface area contributed by atoms with Gasteiger partial charge in [0.15, 0.2) is 17.2 Å². The summed E-state index contributed by atoms with van der Waals surface area (Å²) in [6.07, 6.45) is 1.72. The van der Waals surface area contributed by atoms with Gasteiger partial charge in [0.2, 0.25) is 0 Å². The highest BCUT2D eigenvalue weighted by Crippen LogP contribution is 2.26. The van der Waals surface area contributed by atoms with Crippen LogP contribution in [0.1, 0.15) is 0 Å². The van der Waals surface area contributed by atoms with Crippen LogP contribution in [0.2, 0.25) is 5.02 Å². The minimum atomic E-state index is 0.0957. The molecule has 2 aromatic heterocycles. The van der Waals surface area contributed by atoms with Gasteiger partial charge in [-0.25, -0.2) is 9.50 Å². The first kappa shape index (κ1) is 10.1. The summed E-state index contributed by atoms with van der Waals surface area (Å²) in [4.78, 5) is 4.26. The van der Waals surface area contributed by atoms with Gasteiger partial charge in [0, 0.05) is 11.8 Å². The van der Waals surface area contributed by atoms with Gasteiger partial charge in [-0.3, -0.25) is 0 Å². The van der Waals surface area contributed by atoms with Gasteiger partial charge in [-0.05, 0) is 24.3 Å². The zero-order chi connectivity index (χ0) is 11.8. The molecule has 0 aliphatic rings. The molecule has 0 amide bonds. The smallest absolute Gasteiger partial charge is 0.198 e. The third-order valence-electron chi connectivity index (χ3n) is 2.46. The molecule has 1 N–H and O–H groups in total. The molecule has 0 atom stereocenters. The predicted octanol–water partition coefficient (Wildman–Crippen LogP) is 2.76. The number of rotatable bonds is 1. The Morgan fingerprint density at radius 2 is 1.94 bits per heavy atom. The lowest BCUT2D eigenvalue weighted by Gasteiger charge is -1.96. The summed E-state index contributed by atoms with van der Waals surface area (Å²) in [5.41, 5.74) is 1.17. The molecule has 4 nitrogen and oxygen atoms in total. The molecule has 0 saturated carbocycles. The highest BCUT2D eigenvalue weighted by molar-refractivity contribution is 6.33. The average molecular weight is 246 g/mol. The molecule has 0 radical (unpaired) electrons. The predicted molar refractivity (Wildman–Crippen MR) is 65.1 cm³/mol. The number of aromatic nitrogens is 3. The van der Waals surface area contributed by atoms with E-state index in [0.717, 1.165) is 5.56 Å². The summed E-state index contributed by atoms with van der Waals surface area (Å²) in [6, 6.07) is 10.6. The van der Waals surface area contributed by atoms with E-state index in [9.17, 15) is 5.11 Å². The Bertz CT molecular complexity index is 693. The van der Waals surface area contributed by atoms with Crippen molar-refractivity contribution in [3.05, 3.63) is 47.6 Å². The number of hydrogen-bond acceptors (Lipinski definition) is 3. The molecule has 0 saturated heterocycles. The number of aromatic hydroxyl groups is 1. The number of fused-ring (bicyclic) bond motifs is 1. The van der Waals surface area contributed by atoms with E-state index in [1.165, 1.54) is 4.52 Å². The van der Waals surface area contributed by atoms with Crippen LogP contribution in [0, 0.1) is 0 Å². The molecule has 17 heavy (non-hydrogen) atoms. The number of halogens is 1. The lowest BCUT2D eigenvalue weighted by atomic mass is 10.2. The summed E-state index contributed by atoms with van der Waals surface area (Å²) in [5.74, 6) is 0.593. The molecular formula is C12H8ClN3O. The first-order valence-corrected chi connectivity index (χ1v) is 5.43. The molecule has 3 rings (SSSR count). The van der Waals surface area contributed by atoms with Gasteiger partial charge in [-0.1, -0.05) is 23.7 Å². The van der Waals surface area contributed by atoms with E-state index in [1.54, 1.807) is 24.4 Å². The summed E-state index contributed by atoms with van der Waals surface area (Å²) < 4.78 is 1.52. The van der Waals surface area contributed by atoms with Crippen LogP contribution in [0.3, 0.4) is 0 Å². The second kappa shape index (κ2) is 3.75. The van der Waals surface area contributed by atoms with Gasteiger partial charge in [0.25, 0.3) is 0 Å². The van der Waals surface area contributed by atoms with E-state index in [2.05, 4.69) is 10.1 Å². The van der Waals surface area contributed by atoms with Gasteiger partial charge >= 0.3 is 0 Å². The third-order valence-corrected chi connectivity index (χ3v) is 2.79. The van der Waals surface area contributed by atoms with Crippen LogP contribution in [-0.2, 0) is 0 Å². The molecule has 84 valence electrons. The van der Waals surface area contributed by atoms with E-state index in [0.29, 0.717) is 16.5 Å². The molecule has 5 heteroatoms. The van der Waals surface area contributed by atoms with Crippen molar-refractivity contribution in [2.24, 2.45) is 0 Å². The molecule has 0 spiro atoms. The quantitative estimate of drug-likeness (QED) is 0.717. The minimum absolute atomic E-state index is 0.0957. The summed E-state index contributed by atoms with van der Waals surface area (Å²) >= 11 is 6.07. The lowest BCUT2D eigenvalue weighted by molar-refractivity contribution is 0.477. The largest absolute Gasteiger partial charge is 0.504 e. The van der Waals surface area contributed by atoms with Gasteiger partial charge in [-0.15, -0.1) is 5.10 Å². The van der Waals surface area contributed by atoms with Crippen molar-refractivity contribution in [3.8, 4) is 17.1 Å². The minimum Gasteiger partial charge on any atom is -0.504 e. The van der Waals surface area contributed by atoms with E-state index >= 15 is 0 Å². The fourth-order valence-corrected chi connectivity index (χ4v) is 1.87. The van der Waals surface area contributed by atoms with Crippen LogP contribution >= 0.6 is 11.6 Å². The van der Waals surface area contributed by atoms with Crippen molar-refractivity contribution in [1.82, 2.24) is 14.6 Å². The van der Waals surface area contributed by atoms with E-state index < -0.39 is 0 Å². The molecule has 0 fully saturated rings. The Morgan fingerprint density at radius 3 is 2.71 bits per heavy atom. The molecule has 0 aliphatic carbocycles. The summed E-state index contributed by atoms with van der Waals surface area (Å²) in [5, 5.41) is 14.5. The molecule has 1 aromatic carbocycles. The zero-order valence-electron chi connectivity index (χ0n) is 8.71. The Hall–Kier alpha value is -2.07. The third kappa shape index (κ3) is 1.62. The summed E-state index contributed by atoms with van der Waals surface area (Å²) in [7, 11) is 0.